The van der Waals surface area contributed by atoms with E-state index in [4.69, 9.17) is 10.5 Å². The number of morpholine rings is 1. The smallest absolute Gasteiger partial charge is 0.0642 e. The Labute approximate surface area is 121 Å². The molecule has 1 aromatic carbocycles. The second kappa shape index (κ2) is 6.02. The highest BCUT2D eigenvalue weighted by Gasteiger charge is 2.23. The number of hydrogen-bond donors (Lipinski definition) is 1. The summed E-state index contributed by atoms with van der Waals surface area (Å²) in [4.78, 5) is 4.87. The quantitative estimate of drug-likeness (QED) is 0.894. The van der Waals surface area contributed by atoms with Crippen LogP contribution < -0.4 is 15.5 Å². The molecule has 0 amide bonds. The fraction of sp³-hybridized carbons (Fsp3) is 0.625. The number of nitrogens with two attached hydrogens (primary N) is 1. The van der Waals surface area contributed by atoms with Crippen LogP contribution in [0.3, 0.4) is 0 Å². The summed E-state index contributed by atoms with van der Waals surface area (Å²) >= 11 is 0. The van der Waals surface area contributed by atoms with E-state index in [9.17, 15) is 0 Å². The van der Waals surface area contributed by atoms with Crippen LogP contribution in [0.2, 0.25) is 0 Å². The zero-order valence-electron chi connectivity index (χ0n) is 12.3. The minimum absolute atomic E-state index is 0.369. The maximum Gasteiger partial charge on any atom is 0.0642 e. The average molecular weight is 275 g/mol. The summed E-state index contributed by atoms with van der Waals surface area (Å²) in [5.74, 6) is 0. The lowest BCUT2D eigenvalue weighted by molar-refractivity contribution is 0.122. The SMILES string of the molecule is CC1CC(N)CCN1c1ccc(N2CCOCC2)cc1. The molecule has 2 fully saturated rings. The molecular formula is C16H25N3O. The average Bonchev–Trinajstić information content (AvgIpc) is 2.48. The molecule has 0 saturated carbocycles. The largest absolute Gasteiger partial charge is 0.378 e. The van der Waals surface area contributed by atoms with Crippen LogP contribution in [0.25, 0.3) is 0 Å². The van der Waals surface area contributed by atoms with E-state index in [0.29, 0.717) is 12.1 Å². The molecule has 2 saturated heterocycles. The molecule has 2 unspecified atom stereocenters. The zero-order valence-corrected chi connectivity index (χ0v) is 12.3. The molecule has 1 aromatic rings. The van der Waals surface area contributed by atoms with Gasteiger partial charge in [0.05, 0.1) is 13.2 Å². The molecule has 4 heteroatoms. The topological polar surface area (TPSA) is 41.7 Å². The third-order valence-corrected chi connectivity index (χ3v) is 4.47. The second-order valence-electron chi connectivity index (χ2n) is 5.94. The van der Waals surface area contributed by atoms with Crippen LogP contribution in [0.4, 0.5) is 11.4 Å². The lowest BCUT2D eigenvalue weighted by Crippen LogP contribution is -2.45. The molecule has 0 bridgehead atoms. The number of piperidine rings is 1. The van der Waals surface area contributed by atoms with Gasteiger partial charge in [-0.1, -0.05) is 0 Å². The fourth-order valence-corrected chi connectivity index (χ4v) is 3.27. The van der Waals surface area contributed by atoms with Crippen molar-refractivity contribution in [2.24, 2.45) is 5.73 Å². The second-order valence-corrected chi connectivity index (χ2v) is 5.94. The van der Waals surface area contributed by atoms with E-state index in [1.54, 1.807) is 0 Å². The predicted molar refractivity (Wildman–Crippen MR) is 83.5 cm³/mol. The third kappa shape index (κ3) is 2.91. The molecule has 2 N–H and O–H groups in total. The molecule has 0 spiro atoms. The summed E-state index contributed by atoms with van der Waals surface area (Å²) < 4.78 is 5.40. The molecule has 2 aliphatic heterocycles. The van der Waals surface area contributed by atoms with Gasteiger partial charge in [0.1, 0.15) is 0 Å². The number of ether oxygens (including phenoxy) is 1. The summed E-state index contributed by atoms with van der Waals surface area (Å²) in [7, 11) is 0. The molecule has 3 rings (SSSR count). The Hall–Kier alpha value is -1.26. The zero-order chi connectivity index (χ0) is 13.9. The number of hydrogen-bond acceptors (Lipinski definition) is 4. The van der Waals surface area contributed by atoms with Crippen molar-refractivity contribution in [2.45, 2.75) is 31.8 Å². The van der Waals surface area contributed by atoms with Crippen molar-refractivity contribution in [1.29, 1.82) is 0 Å². The molecule has 0 aliphatic carbocycles. The first-order valence-electron chi connectivity index (χ1n) is 7.69. The summed E-state index contributed by atoms with van der Waals surface area (Å²) in [5, 5.41) is 0. The van der Waals surface area contributed by atoms with Gasteiger partial charge < -0.3 is 20.3 Å². The number of anilines is 2. The number of rotatable bonds is 2. The van der Waals surface area contributed by atoms with Crippen LogP contribution in [-0.4, -0.2) is 44.9 Å². The first kappa shape index (κ1) is 13.7. The van der Waals surface area contributed by atoms with Crippen molar-refractivity contribution in [2.75, 3.05) is 42.6 Å². The number of benzene rings is 1. The highest BCUT2D eigenvalue weighted by molar-refractivity contribution is 5.57. The van der Waals surface area contributed by atoms with E-state index in [1.165, 1.54) is 11.4 Å². The van der Waals surface area contributed by atoms with Gasteiger partial charge in [-0.05, 0) is 44.0 Å². The Balaban J connectivity index is 1.69. The van der Waals surface area contributed by atoms with Crippen molar-refractivity contribution in [1.82, 2.24) is 0 Å². The summed E-state index contributed by atoms with van der Waals surface area (Å²) in [6.45, 7) is 7.00. The first-order valence-corrected chi connectivity index (χ1v) is 7.69. The van der Waals surface area contributed by atoms with Crippen LogP contribution in [0.15, 0.2) is 24.3 Å². The highest BCUT2D eigenvalue weighted by atomic mass is 16.5. The van der Waals surface area contributed by atoms with Gasteiger partial charge in [-0.3, -0.25) is 0 Å². The maximum absolute atomic E-state index is 6.04. The Kier molecular flexibility index (Phi) is 4.13. The molecule has 4 nitrogen and oxygen atoms in total. The molecule has 2 atom stereocenters. The van der Waals surface area contributed by atoms with Crippen LogP contribution in [-0.2, 0) is 4.74 Å². The monoisotopic (exact) mass is 275 g/mol. The maximum atomic E-state index is 6.04. The predicted octanol–water partition coefficient (Wildman–Crippen LogP) is 1.84. The van der Waals surface area contributed by atoms with Crippen molar-refractivity contribution in [3.63, 3.8) is 0 Å². The van der Waals surface area contributed by atoms with Crippen molar-refractivity contribution < 1.29 is 4.74 Å². The normalized spacial score (nSPS) is 27.7. The van der Waals surface area contributed by atoms with E-state index >= 15 is 0 Å². The molecular weight excluding hydrogens is 250 g/mol. The van der Waals surface area contributed by atoms with Gasteiger partial charge >= 0.3 is 0 Å². The molecule has 0 aromatic heterocycles. The van der Waals surface area contributed by atoms with E-state index in [0.717, 1.165) is 45.7 Å². The number of nitrogens with zero attached hydrogens (tertiary/aromatic N) is 2. The van der Waals surface area contributed by atoms with Gasteiger partial charge in [0, 0.05) is 43.1 Å². The van der Waals surface area contributed by atoms with Crippen molar-refractivity contribution in [3.8, 4) is 0 Å². The van der Waals surface area contributed by atoms with E-state index in [-0.39, 0.29) is 0 Å². The molecule has 110 valence electrons. The summed E-state index contributed by atoms with van der Waals surface area (Å²) in [5.41, 5.74) is 8.67. The van der Waals surface area contributed by atoms with Gasteiger partial charge in [0.15, 0.2) is 0 Å². The summed E-state index contributed by atoms with van der Waals surface area (Å²) in [6.07, 6.45) is 2.18. The molecule has 0 radical (unpaired) electrons. The van der Waals surface area contributed by atoms with Gasteiger partial charge in [-0.15, -0.1) is 0 Å². The van der Waals surface area contributed by atoms with Crippen LogP contribution in [0.1, 0.15) is 19.8 Å². The molecule has 2 aliphatic rings. The highest BCUT2D eigenvalue weighted by Crippen LogP contribution is 2.26. The van der Waals surface area contributed by atoms with Crippen molar-refractivity contribution in [3.05, 3.63) is 24.3 Å². The minimum Gasteiger partial charge on any atom is -0.378 e. The Bertz CT molecular complexity index is 428. The Morgan fingerprint density at radius 1 is 1.05 bits per heavy atom. The molecule has 20 heavy (non-hydrogen) atoms. The van der Waals surface area contributed by atoms with E-state index < -0.39 is 0 Å². The lowest BCUT2D eigenvalue weighted by atomic mass is 9.98. The Morgan fingerprint density at radius 2 is 1.70 bits per heavy atom. The lowest BCUT2D eigenvalue weighted by Gasteiger charge is -2.38. The van der Waals surface area contributed by atoms with Crippen LogP contribution in [0.5, 0.6) is 0 Å². The van der Waals surface area contributed by atoms with Crippen LogP contribution >= 0.6 is 0 Å². The summed E-state index contributed by atoms with van der Waals surface area (Å²) in [6, 6.07) is 9.88. The standard InChI is InChI=1S/C16H25N3O/c1-13-12-14(17)6-7-19(13)16-4-2-15(3-5-16)18-8-10-20-11-9-18/h2-5,13-14H,6-12,17H2,1H3. The van der Waals surface area contributed by atoms with E-state index in [2.05, 4.69) is 41.0 Å². The van der Waals surface area contributed by atoms with Crippen molar-refractivity contribution >= 4 is 11.4 Å². The molecule has 2 heterocycles. The Morgan fingerprint density at radius 3 is 2.35 bits per heavy atom. The first-order chi connectivity index (χ1) is 9.74. The van der Waals surface area contributed by atoms with Gasteiger partial charge in [-0.25, -0.2) is 0 Å². The van der Waals surface area contributed by atoms with Gasteiger partial charge in [-0.2, -0.15) is 0 Å². The van der Waals surface area contributed by atoms with Crippen LogP contribution in [0, 0.1) is 0 Å². The fourth-order valence-electron chi connectivity index (χ4n) is 3.27. The third-order valence-electron chi connectivity index (χ3n) is 4.47. The minimum atomic E-state index is 0.369. The van der Waals surface area contributed by atoms with E-state index in [1.807, 2.05) is 0 Å². The van der Waals surface area contributed by atoms with Gasteiger partial charge in [0.2, 0.25) is 0 Å². The van der Waals surface area contributed by atoms with Gasteiger partial charge in [0.25, 0.3) is 0 Å².